The molecule has 3 heterocycles. The molecule has 3 aromatic heterocycles. The number of H-pyrrole nitrogens is 1. The van der Waals surface area contributed by atoms with Gasteiger partial charge in [-0.15, -0.1) is 40.4 Å². The van der Waals surface area contributed by atoms with Gasteiger partial charge in [-0.25, -0.2) is 4.98 Å². The lowest BCUT2D eigenvalue weighted by atomic mass is 10.4. The first-order chi connectivity index (χ1) is 11.7. The zero-order valence-corrected chi connectivity index (χ0v) is 17.6. The number of aromatic amines is 1. The average Bonchev–Trinajstić information content (AvgIpc) is 3.29. The second-order valence-corrected chi connectivity index (χ2v) is 6.85. The Morgan fingerprint density at radius 3 is 2.92 bits per heavy atom. The van der Waals surface area contributed by atoms with Crippen molar-refractivity contribution >= 4 is 52.9 Å². The van der Waals surface area contributed by atoms with Crippen LogP contribution in [0.4, 0.5) is 0 Å². The predicted molar refractivity (Wildman–Crippen MR) is 110 cm³/mol. The van der Waals surface area contributed by atoms with Crippen molar-refractivity contribution in [3.63, 3.8) is 0 Å². The molecule has 0 bridgehead atoms. The summed E-state index contributed by atoms with van der Waals surface area (Å²) in [6, 6.07) is 7.54. The van der Waals surface area contributed by atoms with Crippen LogP contribution in [0.1, 0.15) is 10.7 Å². The number of nitrogens with zero attached hydrogens (tertiary/aromatic N) is 4. The third-order valence-electron chi connectivity index (χ3n) is 3.28. The molecule has 0 atom stereocenters. The summed E-state index contributed by atoms with van der Waals surface area (Å²) in [6.07, 6.45) is 1.59. The minimum Gasteiger partial charge on any atom is -0.461 e. The van der Waals surface area contributed by atoms with Crippen molar-refractivity contribution in [1.82, 2.24) is 25.4 Å². The first kappa shape index (κ1) is 19.7. The van der Waals surface area contributed by atoms with E-state index in [2.05, 4.69) is 25.5 Å². The van der Waals surface area contributed by atoms with Crippen LogP contribution in [-0.2, 0) is 13.1 Å². The van der Waals surface area contributed by atoms with Gasteiger partial charge >= 0.3 is 0 Å². The number of aliphatic imine (C=N–C) groups is 1. The van der Waals surface area contributed by atoms with Gasteiger partial charge in [0.25, 0.3) is 0 Å². The summed E-state index contributed by atoms with van der Waals surface area (Å²) < 4.78 is 6.06. The molecule has 3 rings (SSSR count). The number of furan rings is 1. The highest BCUT2D eigenvalue weighted by Gasteiger charge is 2.11. The quantitative estimate of drug-likeness (QED) is 0.323. The number of hydrogen-bond donors (Lipinski definition) is 2. The molecule has 0 aliphatic heterocycles. The zero-order chi connectivity index (χ0) is 16.9. The number of rotatable bonds is 5. The van der Waals surface area contributed by atoms with E-state index in [1.54, 1.807) is 30.7 Å². The Morgan fingerprint density at radius 2 is 2.28 bits per heavy atom. The smallest absolute Gasteiger partial charge is 0.216 e. The van der Waals surface area contributed by atoms with Crippen molar-refractivity contribution in [3.8, 4) is 11.6 Å². The van der Waals surface area contributed by atoms with Crippen molar-refractivity contribution in [2.75, 3.05) is 14.1 Å². The molecule has 10 heteroatoms. The van der Waals surface area contributed by atoms with E-state index in [1.807, 2.05) is 30.1 Å². The summed E-state index contributed by atoms with van der Waals surface area (Å²) in [6.45, 7) is 1.21. The van der Waals surface area contributed by atoms with Gasteiger partial charge in [-0.1, -0.05) is 11.6 Å². The summed E-state index contributed by atoms with van der Waals surface area (Å²) in [5.41, 5.74) is 0. The number of halogens is 2. The number of thiophene rings is 1. The van der Waals surface area contributed by atoms with Crippen LogP contribution in [0.15, 0.2) is 39.9 Å². The summed E-state index contributed by atoms with van der Waals surface area (Å²) in [5, 5.41) is 10.3. The summed E-state index contributed by atoms with van der Waals surface area (Å²) in [7, 11) is 3.71. The number of guanidine groups is 1. The highest BCUT2D eigenvalue weighted by atomic mass is 127. The Bertz CT molecular complexity index is 816. The van der Waals surface area contributed by atoms with Crippen LogP contribution in [-0.4, -0.2) is 40.1 Å². The third-order valence-corrected chi connectivity index (χ3v) is 4.50. The van der Waals surface area contributed by atoms with Crippen molar-refractivity contribution in [3.05, 3.63) is 45.6 Å². The maximum absolute atomic E-state index is 5.97. The molecule has 0 spiro atoms. The lowest BCUT2D eigenvalue weighted by Crippen LogP contribution is -2.38. The van der Waals surface area contributed by atoms with Gasteiger partial charge in [0.2, 0.25) is 5.82 Å². The molecule has 3 aromatic rings. The lowest BCUT2D eigenvalue weighted by Gasteiger charge is -2.20. The van der Waals surface area contributed by atoms with Crippen LogP contribution >= 0.6 is 46.9 Å². The molecule has 0 amide bonds. The van der Waals surface area contributed by atoms with Gasteiger partial charge in [0.05, 0.1) is 23.7 Å². The summed E-state index contributed by atoms with van der Waals surface area (Å²) in [5.74, 6) is 2.63. The van der Waals surface area contributed by atoms with E-state index in [0.717, 1.165) is 16.8 Å². The monoisotopic (exact) mass is 492 g/mol. The van der Waals surface area contributed by atoms with Crippen molar-refractivity contribution in [1.29, 1.82) is 0 Å². The molecule has 0 aromatic carbocycles. The molecule has 7 nitrogen and oxygen atoms in total. The molecule has 0 radical (unpaired) electrons. The molecule has 0 aliphatic carbocycles. The first-order valence-corrected chi connectivity index (χ1v) is 8.46. The molecular formula is C15H18ClIN6OS. The largest absolute Gasteiger partial charge is 0.461 e. The van der Waals surface area contributed by atoms with Gasteiger partial charge in [-0.05, 0) is 24.3 Å². The molecule has 0 unspecified atom stereocenters. The maximum atomic E-state index is 5.97. The minimum atomic E-state index is 0. The van der Waals surface area contributed by atoms with Crippen molar-refractivity contribution in [2.24, 2.45) is 4.99 Å². The van der Waals surface area contributed by atoms with E-state index in [0.29, 0.717) is 24.0 Å². The molecule has 0 saturated carbocycles. The Kier molecular flexibility index (Phi) is 7.26. The molecule has 0 aliphatic rings. The van der Waals surface area contributed by atoms with Gasteiger partial charge in [-0.2, -0.15) is 0 Å². The lowest BCUT2D eigenvalue weighted by molar-refractivity contribution is 0.480. The highest BCUT2D eigenvalue weighted by Crippen LogP contribution is 2.22. The highest BCUT2D eigenvalue weighted by molar-refractivity contribution is 14.0. The third kappa shape index (κ3) is 5.19. The SMILES string of the molecule is CN=C(NCc1nc(-c2ccco2)n[nH]1)N(C)Cc1ccc(Cl)s1.I. The molecule has 134 valence electrons. The molecule has 0 saturated heterocycles. The Labute approximate surface area is 171 Å². The molecule has 25 heavy (non-hydrogen) atoms. The van der Waals surface area contributed by atoms with Gasteiger partial charge < -0.3 is 14.6 Å². The van der Waals surface area contributed by atoms with Crippen LogP contribution in [0.5, 0.6) is 0 Å². The van der Waals surface area contributed by atoms with Crippen molar-refractivity contribution in [2.45, 2.75) is 13.1 Å². The summed E-state index contributed by atoms with van der Waals surface area (Å²) >= 11 is 7.53. The van der Waals surface area contributed by atoms with E-state index in [1.165, 1.54) is 4.88 Å². The standard InChI is InChI=1S/C15H17ClN6OS.HI/c1-17-15(22(2)9-10-5-6-12(16)24-10)18-8-13-19-14(21-20-13)11-4-3-7-23-11;/h3-7H,8-9H2,1-2H3,(H,17,18)(H,19,20,21);1H. The van der Waals surface area contributed by atoms with E-state index in [4.69, 9.17) is 16.0 Å². The number of nitrogens with one attached hydrogen (secondary N) is 2. The van der Waals surface area contributed by atoms with E-state index >= 15 is 0 Å². The van der Waals surface area contributed by atoms with Gasteiger partial charge in [0, 0.05) is 19.0 Å². The van der Waals surface area contributed by atoms with Crippen LogP contribution in [0.3, 0.4) is 0 Å². The second-order valence-electron chi connectivity index (χ2n) is 5.05. The van der Waals surface area contributed by atoms with Crippen LogP contribution in [0.2, 0.25) is 4.34 Å². The second kappa shape index (κ2) is 9.20. The zero-order valence-electron chi connectivity index (χ0n) is 13.7. The molecule has 0 fully saturated rings. The predicted octanol–water partition coefficient (Wildman–Crippen LogP) is 3.61. The topological polar surface area (TPSA) is 82.3 Å². The Hall–Kier alpha value is -1.59. The fourth-order valence-electron chi connectivity index (χ4n) is 2.18. The number of aromatic nitrogens is 3. The fraction of sp³-hybridized carbons (Fsp3) is 0.267. The van der Waals surface area contributed by atoms with E-state index in [-0.39, 0.29) is 24.0 Å². The minimum absolute atomic E-state index is 0. The maximum Gasteiger partial charge on any atom is 0.216 e. The molecule has 2 N–H and O–H groups in total. The Balaban J connectivity index is 0.00000225. The van der Waals surface area contributed by atoms with Crippen molar-refractivity contribution < 1.29 is 4.42 Å². The fourth-order valence-corrected chi connectivity index (χ4v) is 3.32. The van der Waals surface area contributed by atoms with Crippen LogP contribution < -0.4 is 5.32 Å². The molecular weight excluding hydrogens is 475 g/mol. The van der Waals surface area contributed by atoms with Gasteiger partial charge in [0.15, 0.2) is 11.7 Å². The van der Waals surface area contributed by atoms with Gasteiger partial charge in [0.1, 0.15) is 5.82 Å². The normalized spacial score (nSPS) is 11.2. The van der Waals surface area contributed by atoms with Crippen LogP contribution in [0, 0.1) is 0 Å². The van der Waals surface area contributed by atoms with E-state index in [9.17, 15) is 0 Å². The van der Waals surface area contributed by atoms with Gasteiger partial charge in [-0.3, -0.25) is 10.1 Å². The van der Waals surface area contributed by atoms with E-state index < -0.39 is 0 Å². The first-order valence-electron chi connectivity index (χ1n) is 7.27. The number of hydrogen-bond acceptors (Lipinski definition) is 5. The van der Waals surface area contributed by atoms with Crippen LogP contribution in [0.25, 0.3) is 11.6 Å². The Morgan fingerprint density at radius 1 is 1.44 bits per heavy atom. The summed E-state index contributed by atoms with van der Waals surface area (Å²) in [4.78, 5) is 11.9. The average molecular weight is 493 g/mol.